The first-order valence-corrected chi connectivity index (χ1v) is 6.45. The van der Waals surface area contributed by atoms with Gasteiger partial charge in [-0.2, -0.15) is 0 Å². The lowest BCUT2D eigenvalue weighted by molar-refractivity contribution is -0.122. The normalized spacial score (nSPS) is 10.2. The molecule has 0 aliphatic heterocycles. The largest absolute Gasteiger partial charge is 0.337 e. The summed E-state index contributed by atoms with van der Waals surface area (Å²) >= 11 is 11.6. The van der Waals surface area contributed by atoms with Gasteiger partial charge in [-0.05, 0) is 24.1 Å². The first-order chi connectivity index (χ1) is 8.88. The van der Waals surface area contributed by atoms with E-state index in [4.69, 9.17) is 23.2 Å². The minimum absolute atomic E-state index is 0.222. The van der Waals surface area contributed by atoms with Crippen molar-refractivity contribution in [3.05, 3.63) is 28.2 Å². The Morgan fingerprint density at radius 2 is 1.84 bits per heavy atom. The summed E-state index contributed by atoms with van der Waals surface area (Å²) in [7, 11) is 0. The van der Waals surface area contributed by atoms with Crippen LogP contribution in [0.4, 0.5) is 10.5 Å². The predicted molar refractivity (Wildman–Crippen MR) is 76.2 cm³/mol. The Morgan fingerprint density at radius 1 is 1.16 bits per heavy atom. The zero-order valence-corrected chi connectivity index (χ0v) is 12.1. The Kier molecular flexibility index (Phi) is 5.92. The Hall–Kier alpha value is -1.46. The molecule has 0 radical (unpaired) electrons. The van der Waals surface area contributed by atoms with E-state index in [0.29, 0.717) is 22.2 Å². The molecule has 0 atom stereocenters. The number of carbonyl (C=O) groups is 2. The molecule has 1 aromatic rings. The van der Waals surface area contributed by atoms with Crippen molar-refractivity contribution in [2.45, 2.75) is 20.3 Å². The Balaban J connectivity index is 2.43. The second kappa shape index (κ2) is 7.21. The smallest absolute Gasteiger partial charge is 0.307 e. The van der Waals surface area contributed by atoms with Crippen molar-refractivity contribution >= 4 is 40.8 Å². The monoisotopic (exact) mass is 303 g/mol. The predicted octanol–water partition coefficient (Wildman–Crippen LogP) is 3.19. The van der Waals surface area contributed by atoms with Gasteiger partial charge < -0.3 is 5.32 Å². The third-order valence-electron chi connectivity index (χ3n) is 2.09. The molecule has 7 heteroatoms. The summed E-state index contributed by atoms with van der Waals surface area (Å²) in [6.07, 6.45) is 0.340. The van der Waals surface area contributed by atoms with E-state index in [1.165, 1.54) is 6.07 Å². The van der Waals surface area contributed by atoms with Crippen molar-refractivity contribution < 1.29 is 9.59 Å². The molecular formula is C12H15Cl2N3O2. The van der Waals surface area contributed by atoms with E-state index < -0.39 is 6.03 Å². The summed E-state index contributed by atoms with van der Waals surface area (Å²) < 4.78 is 0. The first kappa shape index (κ1) is 15.6. The minimum Gasteiger partial charge on any atom is -0.307 e. The summed E-state index contributed by atoms with van der Waals surface area (Å²) in [5.41, 5.74) is 5.02. The molecule has 3 N–H and O–H groups in total. The third-order valence-corrected chi connectivity index (χ3v) is 2.83. The minimum atomic E-state index is -0.560. The SMILES string of the molecule is CC(C)CC(=O)NNC(=O)Nc1ccc(Cl)c(Cl)c1. The number of urea groups is 1. The molecule has 0 fully saturated rings. The Bertz CT molecular complexity index is 478. The van der Waals surface area contributed by atoms with Gasteiger partial charge in [0.2, 0.25) is 5.91 Å². The van der Waals surface area contributed by atoms with Crippen LogP contribution >= 0.6 is 23.2 Å². The highest BCUT2D eigenvalue weighted by atomic mass is 35.5. The van der Waals surface area contributed by atoms with Gasteiger partial charge in [-0.25, -0.2) is 10.2 Å². The molecule has 1 rings (SSSR count). The highest BCUT2D eigenvalue weighted by Crippen LogP contribution is 2.24. The molecular weight excluding hydrogens is 289 g/mol. The molecule has 19 heavy (non-hydrogen) atoms. The van der Waals surface area contributed by atoms with Gasteiger partial charge in [-0.3, -0.25) is 10.2 Å². The zero-order valence-electron chi connectivity index (χ0n) is 10.6. The van der Waals surface area contributed by atoms with E-state index in [-0.39, 0.29) is 11.8 Å². The van der Waals surface area contributed by atoms with Gasteiger partial charge in [0, 0.05) is 12.1 Å². The highest BCUT2D eigenvalue weighted by molar-refractivity contribution is 6.42. The average Bonchev–Trinajstić information content (AvgIpc) is 2.30. The van der Waals surface area contributed by atoms with Crippen LogP contribution in [0.3, 0.4) is 0 Å². The number of benzene rings is 1. The fourth-order valence-corrected chi connectivity index (χ4v) is 1.58. The van der Waals surface area contributed by atoms with Gasteiger partial charge >= 0.3 is 6.03 Å². The summed E-state index contributed by atoms with van der Waals surface area (Å²) in [6.45, 7) is 3.82. The average molecular weight is 304 g/mol. The summed E-state index contributed by atoms with van der Waals surface area (Å²) in [6, 6.07) is 4.12. The van der Waals surface area contributed by atoms with E-state index >= 15 is 0 Å². The van der Waals surface area contributed by atoms with Crippen LogP contribution in [0.25, 0.3) is 0 Å². The summed E-state index contributed by atoms with van der Waals surface area (Å²) in [5.74, 6) is -0.0285. The van der Waals surface area contributed by atoms with E-state index in [1.54, 1.807) is 12.1 Å². The van der Waals surface area contributed by atoms with E-state index in [1.807, 2.05) is 13.8 Å². The van der Waals surface area contributed by atoms with Crippen LogP contribution in [0.1, 0.15) is 20.3 Å². The maximum atomic E-state index is 11.5. The number of rotatable bonds is 3. The molecule has 104 valence electrons. The standard InChI is InChI=1S/C12H15Cl2N3O2/c1-7(2)5-11(18)16-17-12(19)15-8-3-4-9(13)10(14)6-8/h3-4,6-7H,5H2,1-2H3,(H,16,18)(H2,15,17,19). The summed E-state index contributed by atoms with van der Waals surface area (Å²) in [4.78, 5) is 22.8. The number of nitrogens with one attached hydrogen (secondary N) is 3. The quantitative estimate of drug-likeness (QED) is 0.751. The van der Waals surface area contributed by atoms with Crippen molar-refractivity contribution in [2.24, 2.45) is 5.92 Å². The van der Waals surface area contributed by atoms with Crippen molar-refractivity contribution in [3.8, 4) is 0 Å². The number of amides is 3. The van der Waals surface area contributed by atoms with Crippen molar-refractivity contribution in [3.63, 3.8) is 0 Å². The van der Waals surface area contributed by atoms with Gasteiger partial charge in [0.15, 0.2) is 0 Å². The van der Waals surface area contributed by atoms with Crippen LogP contribution in [0, 0.1) is 5.92 Å². The van der Waals surface area contributed by atoms with Crippen LogP contribution in [0.2, 0.25) is 10.0 Å². The number of halogens is 2. The van der Waals surface area contributed by atoms with Gasteiger partial charge in [-0.1, -0.05) is 37.0 Å². The van der Waals surface area contributed by atoms with Gasteiger partial charge in [0.25, 0.3) is 0 Å². The van der Waals surface area contributed by atoms with Crippen LogP contribution < -0.4 is 16.2 Å². The second-order valence-electron chi connectivity index (χ2n) is 4.35. The second-order valence-corrected chi connectivity index (χ2v) is 5.17. The van der Waals surface area contributed by atoms with E-state index in [9.17, 15) is 9.59 Å². The van der Waals surface area contributed by atoms with Crippen molar-refractivity contribution in [1.82, 2.24) is 10.9 Å². The molecule has 0 saturated carbocycles. The maximum Gasteiger partial charge on any atom is 0.337 e. The van der Waals surface area contributed by atoms with Crippen molar-refractivity contribution in [2.75, 3.05) is 5.32 Å². The molecule has 0 unspecified atom stereocenters. The van der Waals surface area contributed by atoms with Crippen LogP contribution in [-0.4, -0.2) is 11.9 Å². The van der Waals surface area contributed by atoms with E-state index in [2.05, 4.69) is 16.2 Å². The van der Waals surface area contributed by atoms with Gasteiger partial charge in [-0.15, -0.1) is 0 Å². The molecule has 0 saturated heterocycles. The van der Waals surface area contributed by atoms with E-state index in [0.717, 1.165) is 0 Å². The fourth-order valence-electron chi connectivity index (χ4n) is 1.28. The molecule has 3 amide bonds. The molecule has 0 aliphatic rings. The fraction of sp³-hybridized carbons (Fsp3) is 0.333. The van der Waals surface area contributed by atoms with Crippen molar-refractivity contribution in [1.29, 1.82) is 0 Å². The topological polar surface area (TPSA) is 70.2 Å². The molecule has 0 spiro atoms. The number of hydrazine groups is 1. The van der Waals surface area contributed by atoms with Crippen LogP contribution in [0.15, 0.2) is 18.2 Å². The zero-order chi connectivity index (χ0) is 14.4. The molecule has 5 nitrogen and oxygen atoms in total. The number of carbonyl (C=O) groups excluding carboxylic acids is 2. The number of hydrogen-bond donors (Lipinski definition) is 3. The maximum absolute atomic E-state index is 11.5. The van der Waals surface area contributed by atoms with Crippen LogP contribution in [-0.2, 0) is 4.79 Å². The van der Waals surface area contributed by atoms with Gasteiger partial charge in [0.1, 0.15) is 0 Å². The Morgan fingerprint density at radius 3 is 2.42 bits per heavy atom. The van der Waals surface area contributed by atoms with Gasteiger partial charge in [0.05, 0.1) is 10.0 Å². The number of hydrogen-bond acceptors (Lipinski definition) is 2. The molecule has 0 bridgehead atoms. The molecule has 0 aromatic heterocycles. The molecule has 1 aromatic carbocycles. The lowest BCUT2D eigenvalue weighted by Gasteiger charge is -2.10. The summed E-state index contributed by atoms with van der Waals surface area (Å²) in [5, 5.41) is 3.25. The number of anilines is 1. The highest BCUT2D eigenvalue weighted by Gasteiger charge is 2.07. The lowest BCUT2D eigenvalue weighted by atomic mass is 10.1. The molecule has 0 heterocycles. The lowest BCUT2D eigenvalue weighted by Crippen LogP contribution is -2.44. The Labute approximate surface area is 121 Å². The van der Waals surface area contributed by atoms with Crippen LogP contribution in [0.5, 0.6) is 0 Å². The third kappa shape index (κ3) is 5.81. The first-order valence-electron chi connectivity index (χ1n) is 5.69. The molecule has 0 aliphatic carbocycles.